The number of hydrogen-bond donors (Lipinski definition) is 1. The fourth-order valence-corrected chi connectivity index (χ4v) is 4.26. The number of methoxy groups -OCH3 is 2. The molecule has 32 heavy (non-hydrogen) atoms. The Morgan fingerprint density at radius 1 is 1.03 bits per heavy atom. The molecule has 2 aromatic carbocycles. The quantitative estimate of drug-likeness (QED) is 0.608. The van der Waals surface area contributed by atoms with E-state index in [1.807, 2.05) is 12.1 Å². The number of fused-ring (bicyclic) bond motifs is 1. The fourth-order valence-electron chi connectivity index (χ4n) is 4.26. The summed E-state index contributed by atoms with van der Waals surface area (Å²) >= 11 is 0. The zero-order valence-corrected chi connectivity index (χ0v) is 19.8. The number of nitrogens with one attached hydrogen (secondary N) is 1. The third-order valence-corrected chi connectivity index (χ3v) is 5.44. The predicted octanol–water partition coefficient (Wildman–Crippen LogP) is 3.09. The van der Waals surface area contributed by atoms with E-state index in [4.69, 9.17) is 14.2 Å². The number of ketones is 1. The van der Waals surface area contributed by atoms with E-state index in [2.05, 4.69) is 27.7 Å². The molecule has 0 bridgehead atoms. The number of ether oxygens (including phenoxy) is 3. The van der Waals surface area contributed by atoms with E-state index < -0.39 is 0 Å². The molecule has 0 spiro atoms. The van der Waals surface area contributed by atoms with Crippen LogP contribution in [0.4, 0.5) is 0 Å². The number of benzene rings is 2. The maximum atomic E-state index is 13.1. The smallest absolute Gasteiger partial charge is 0.231 e. The van der Waals surface area contributed by atoms with Gasteiger partial charge in [0.1, 0.15) is 12.3 Å². The van der Waals surface area contributed by atoms with E-state index in [0.717, 1.165) is 13.1 Å². The summed E-state index contributed by atoms with van der Waals surface area (Å²) in [6, 6.07) is 8.48. The zero-order valence-electron chi connectivity index (χ0n) is 19.8. The second-order valence-corrected chi connectivity index (χ2v) is 9.06. The van der Waals surface area contributed by atoms with Gasteiger partial charge in [-0.2, -0.15) is 0 Å². The number of rotatable bonds is 9. The molecule has 3 rings (SSSR count). The minimum absolute atomic E-state index is 0.0956. The molecular weight excluding hydrogens is 406 g/mol. The van der Waals surface area contributed by atoms with Crippen LogP contribution in [0, 0.1) is 11.8 Å². The number of carbonyl (C=O) groups excluding carboxylic acids is 1. The molecule has 0 saturated carbocycles. The molecule has 6 heteroatoms. The van der Waals surface area contributed by atoms with E-state index in [-0.39, 0.29) is 17.3 Å². The third-order valence-electron chi connectivity index (χ3n) is 5.44. The van der Waals surface area contributed by atoms with Gasteiger partial charge in [-0.15, -0.1) is 0 Å². The van der Waals surface area contributed by atoms with Gasteiger partial charge in [0.25, 0.3) is 0 Å². The van der Waals surface area contributed by atoms with E-state index in [1.165, 1.54) is 11.0 Å². The topological polar surface area (TPSA) is 72.3 Å². The summed E-state index contributed by atoms with van der Waals surface area (Å²) in [6.07, 6.45) is 1.64. The van der Waals surface area contributed by atoms with Crippen molar-refractivity contribution in [2.75, 3.05) is 27.3 Å². The van der Waals surface area contributed by atoms with E-state index in [9.17, 15) is 9.90 Å². The van der Waals surface area contributed by atoms with Crippen molar-refractivity contribution in [1.82, 2.24) is 0 Å². The van der Waals surface area contributed by atoms with Gasteiger partial charge in [-0.3, -0.25) is 4.79 Å². The number of allylic oxidation sites excluding steroid dienone is 1. The molecule has 0 fully saturated rings. The number of quaternary nitrogens is 1. The van der Waals surface area contributed by atoms with Gasteiger partial charge in [-0.1, -0.05) is 51.6 Å². The SMILES string of the molecule is COc1cccc(/C=C2\Oc3c(ccc([O-])c3C[NH+](CC(C)C)CC(C)C)C2=O)c1OC. The van der Waals surface area contributed by atoms with Crippen LogP contribution < -0.4 is 24.2 Å². The minimum atomic E-state index is -0.236. The summed E-state index contributed by atoms with van der Waals surface area (Å²) < 4.78 is 16.8. The molecule has 0 atom stereocenters. The standard InChI is InChI=1S/C26H33NO5/c1-16(2)13-27(14-17(3)4)15-20-21(28)11-10-19-24(29)23(32-26(19)20)12-18-8-7-9-22(30-5)25(18)31-6/h7-12,16-17,28H,13-15H2,1-6H3/b23-12-. The molecule has 172 valence electrons. The summed E-state index contributed by atoms with van der Waals surface area (Å²) in [6.45, 7) is 11.1. The van der Waals surface area contributed by atoms with Gasteiger partial charge in [0, 0.05) is 23.0 Å². The summed E-state index contributed by atoms with van der Waals surface area (Å²) in [5, 5.41) is 12.8. The van der Waals surface area contributed by atoms with Crippen LogP contribution in [0.3, 0.4) is 0 Å². The third kappa shape index (κ3) is 5.07. The largest absolute Gasteiger partial charge is 0.872 e. The highest BCUT2D eigenvalue weighted by molar-refractivity contribution is 6.15. The van der Waals surface area contributed by atoms with Crippen LogP contribution in [0.25, 0.3) is 6.08 Å². The van der Waals surface area contributed by atoms with Gasteiger partial charge in [-0.05, 0) is 18.2 Å². The molecule has 1 N–H and O–H groups in total. The summed E-state index contributed by atoms with van der Waals surface area (Å²) in [5.41, 5.74) is 1.66. The van der Waals surface area contributed by atoms with E-state index >= 15 is 0 Å². The fraction of sp³-hybridized carbons (Fsp3) is 0.423. The molecule has 0 saturated heterocycles. The van der Waals surface area contributed by atoms with Crippen LogP contribution in [0.1, 0.15) is 49.2 Å². The van der Waals surface area contributed by atoms with Crippen molar-refractivity contribution >= 4 is 11.9 Å². The molecule has 2 aromatic rings. The Labute approximate surface area is 190 Å². The van der Waals surface area contributed by atoms with Crippen molar-refractivity contribution in [2.24, 2.45) is 11.8 Å². The first kappa shape index (κ1) is 23.7. The lowest BCUT2D eigenvalue weighted by Crippen LogP contribution is -3.11. The maximum absolute atomic E-state index is 13.1. The minimum Gasteiger partial charge on any atom is -0.872 e. The van der Waals surface area contributed by atoms with Crippen LogP contribution in [0.5, 0.6) is 23.0 Å². The van der Waals surface area contributed by atoms with E-state index in [1.54, 1.807) is 32.4 Å². The first-order valence-electron chi connectivity index (χ1n) is 11.1. The average Bonchev–Trinajstić information content (AvgIpc) is 3.04. The lowest BCUT2D eigenvalue weighted by molar-refractivity contribution is -0.919. The molecule has 1 aliphatic rings. The second kappa shape index (κ2) is 10.1. The second-order valence-electron chi connectivity index (χ2n) is 9.06. The molecule has 1 heterocycles. The van der Waals surface area contributed by atoms with E-state index in [0.29, 0.717) is 52.3 Å². The lowest BCUT2D eigenvalue weighted by Gasteiger charge is -2.26. The van der Waals surface area contributed by atoms with Gasteiger partial charge in [0.05, 0.1) is 32.9 Å². The van der Waals surface area contributed by atoms with Crippen molar-refractivity contribution in [3.05, 3.63) is 52.8 Å². The zero-order chi connectivity index (χ0) is 23.4. The normalized spacial score (nSPS) is 14.4. The van der Waals surface area contributed by atoms with Crippen LogP contribution in [0.15, 0.2) is 36.1 Å². The van der Waals surface area contributed by atoms with Crippen molar-refractivity contribution in [3.63, 3.8) is 0 Å². The van der Waals surface area contributed by atoms with Crippen molar-refractivity contribution in [2.45, 2.75) is 34.2 Å². The highest BCUT2D eigenvalue weighted by Gasteiger charge is 2.31. The lowest BCUT2D eigenvalue weighted by atomic mass is 10.0. The van der Waals surface area contributed by atoms with Crippen LogP contribution in [-0.4, -0.2) is 33.1 Å². The molecule has 1 aliphatic heterocycles. The predicted molar refractivity (Wildman–Crippen MR) is 122 cm³/mol. The van der Waals surface area contributed by atoms with Gasteiger partial charge in [0.2, 0.25) is 5.78 Å². The summed E-state index contributed by atoms with van der Waals surface area (Å²) in [7, 11) is 3.11. The molecule has 0 aliphatic carbocycles. The van der Waals surface area contributed by atoms with Crippen molar-refractivity contribution < 1.29 is 29.0 Å². The number of Topliss-reactive ketones (excluding diaryl/α,β-unsaturated/α-hetero) is 1. The number of carbonyl (C=O) groups is 1. The Bertz CT molecular complexity index is 1000. The molecule has 0 unspecified atom stereocenters. The summed E-state index contributed by atoms with van der Waals surface area (Å²) in [4.78, 5) is 14.4. The summed E-state index contributed by atoms with van der Waals surface area (Å²) in [5.74, 6) is 2.30. The van der Waals surface area contributed by atoms with Crippen molar-refractivity contribution in [3.8, 4) is 23.0 Å². The number of para-hydroxylation sites is 1. The van der Waals surface area contributed by atoms with Gasteiger partial charge in [0.15, 0.2) is 17.3 Å². The van der Waals surface area contributed by atoms with Gasteiger partial charge < -0.3 is 24.2 Å². The Balaban J connectivity index is 1.98. The molecular formula is C26H33NO5. The van der Waals surface area contributed by atoms with Crippen LogP contribution in [-0.2, 0) is 6.54 Å². The maximum Gasteiger partial charge on any atom is 0.231 e. The highest BCUT2D eigenvalue weighted by atomic mass is 16.5. The van der Waals surface area contributed by atoms with Gasteiger partial charge >= 0.3 is 0 Å². The van der Waals surface area contributed by atoms with Crippen molar-refractivity contribution in [1.29, 1.82) is 0 Å². The Morgan fingerprint density at radius 3 is 2.31 bits per heavy atom. The van der Waals surface area contributed by atoms with Crippen LogP contribution in [0.2, 0.25) is 0 Å². The molecule has 0 aromatic heterocycles. The average molecular weight is 440 g/mol. The Morgan fingerprint density at radius 2 is 1.72 bits per heavy atom. The Hall–Kier alpha value is -2.99. The highest BCUT2D eigenvalue weighted by Crippen LogP contribution is 2.40. The first-order chi connectivity index (χ1) is 15.2. The monoisotopic (exact) mass is 439 g/mol. The molecule has 0 amide bonds. The molecule has 0 radical (unpaired) electrons. The number of hydrogen-bond acceptors (Lipinski definition) is 5. The van der Waals surface area contributed by atoms with Crippen LogP contribution >= 0.6 is 0 Å². The Kier molecular flexibility index (Phi) is 7.46. The molecule has 6 nitrogen and oxygen atoms in total. The first-order valence-corrected chi connectivity index (χ1v) is 11.1. The van der Waals surface area contributed by atoms with Gasteiger partial charge in [-0.25, -0.2) is 0 Å².